The highest BCUT2D eigenvalue weighted by molar-refractivity contribution is 5.85. The van der Waals surface area contributed by atoms with Gasteiger partial charge in [0.2, 0.25) is 0 Å². The Hall–Kier alpha value is -0.880. The van der Waals surface area contributed by atoms with Gasteiger partial charge in [-0.15, -0.1) is 0 Å². The van der Waals surface area contributed by atoms with Gasteiger partial charge in [-0.25, -0.2) is 0 Å². The Morgan fingerprint density at radius 3 is 2.50 bits per heavy atom. The normalized spacial score (nSPS) is 54.6. The van der Waals surface area contributed by atoms with Gasteiger partial charge < -0.3 is 5.11 Å². The van der Waals surface area contributed by atoms with Crippen molar-refractivity contribution in [2.24, 2.45) is 52.3 Å². The maximum absolute atomic E-state index is 12.9. The molecule has 0 amide bonds. The van der Waals surface area contributed by atoms with Crippen LogP contribution in [0, 0.1) is 63.6 Å². The van der Waals surface area contributed by atoms with E-state index in [1.54, 1.807) is 0 Å². The van der Waals surface area contributed by atoms with E-state index in [-0.39, 0.29) is 28.8 Å². The van der Waals surface area contributed by atoms with Crippen molar-refractivity contribution in [3.05, 3.63) is 0 Å². The summed E-state index contributed by atoms with van der Waals surface area (Å²) >= 11 is 0. The molecule has 0 radical (unpaired) electrons. The zero-order chi connectivity index (χ0) is 18.9. The van der Waals surface area contributed by atoms with Crippen molar-refractivity contribution in [3.8, 4) is 6.07 Å². The van der Waals surface area contributed by atoms with Gasteiger partial charge in [0.25, 0.3) is 0 Å². The lowest BCUT2D eigenvalue weighted by molar-refractivity contribution is -0.164. The molecule has 0 heterocycles. The van der Waals surface area contributed by atoms with E-state index < -0.39 is 0 Å². The van der Waals surface area contributed by atoms with Gasteiger partial charge in [-0.3, -0.25) is 4.79 Å². The quantitative estimate of drug-likeness (QED) is 0.746. The van der Waals surface area contributed by atoms with Gasteiger partial charge >= 0.3 is 0 Å². The minimum Gasteiger partial charge on any atom is -0.393 e. The highest BCUT2D eigenvalue weighted by atomic mass is 16.3. The van der Waals surface area contributed by atoms with Crippen LogP contribution in [0.3, 0.4) is 0 Å². The van der Waals surface area contributed by atoms with Crippen LogP contribution < -0.4 is 0 Å². The number of aliphatic hydroxyl groups excluding tert-OH is 1. The first-order valence-corrected chi connectivity index (χ1v) is 10.8. The number of nitriles is 1. The maximum Gasteiger partial charge on any atom is 0.138 e. The Balaban J connectivity index is 1.68. The molecule has 0 spiro atoms. The van der Waals surface area contributed by atoms with Gasteiger partial charge in [-0.2, -0.15) is 5.26 Å². The molecule has 0 aromatic heterocycles. The molecule has 3 nitrogen and oxygen atoms in total. The van der Waals surface area contributed by atoms with Gasteiger partial charge in [0.15, 0.2) is 0 Å². The van der Waals surface area contributed by atoms with Crippen LogP contribution in [0.15, 0.2) is 0 Å². The molecule has 0 aromatic carbocycles. The van der Waals surface area contributed by atoms with Crippen LogP contribution in [0.1, 0.15) is 72.6 Å². The van der Waals surface area contributed by atoms with Crippen molar-refractivity contribution in [1.82, 2.24) is 0 Å². The van der Waals surface area contributed by atoms with Crippen LogP contribution in [0.2, 0.25) is 0 Å². The topological polar surface area (TPSA) is 61.1 Å². The van der Waals surface area contributed by atoms with E-state index in [1.807, 2.05) is 6.92 Å². The third-order valence-corrected chi connectivity index (χ3v) is 9.56. The van der Waals surface area contributed by atoms with Crippen LogP contribution in [-0.2, 0) is 4.79 Å². The minimum absolute atomic E-state index is 0.0434. The second kappa shape index (κ2) is 6.06. The summed E-state index contributed by atoms with van der Waals surface area (Å²) in [5.74, 6) is 2.63. The number of rotatable bonds is 1. The van der Waals surface area contributed by atoms with Crippen LogP contribution in [-0.4, -0.2) is 17.0 Å². The molecule has 0 aliphatic heterocycles. The zero-order valence-corrected chi connectivity index (χ0v) is 16.9. The lowest BCUT2D eigenvalue weighted by Crippen LogP contribution is -2.57. The molecule has 0 aromatic rings. The molecule has 1 unspecified atom stereocenters. The number of ketones is 1. The summed E-state index contributed by atoms with van der Waals surface area (Å²) in [6.45, 7) is 8.98. The third-order valence-electron chi connectivity index (χ3n) is 9.56. The highest BCUT2D eigenvalue weighted by Crippen LogP contribution is 2.67. The molecule has 4 aliphatic rings. The lowest BCUT2D eigenvalue weighted by Gasteiger charge is -2.62. The molecule has 10 atom stereocenters. The Morgan fingerprint density at radius 1 is 1.12 bits per heavy atom. The van der Waals surface area contributed by atoms with Crippen molar-refractivity contribution in [2.45, 2.75) is 78.7 Å². The van der Waals surface area contributed by atoms with E-state index >= 15 is 0 Å². The van der Waals surface area contributed by atoms with Gasteiger partial charge in [0.1, 0.15) is 5.78 Å². The van der Waals surface area contributed by atoms with Crippen molar-refractivity contribution < 1.29 is 9.90 Å². The largest absolute Gasteiger partial charge is 0.393 e. The van der Waals surface area contributed by atoms with Crippen molar-refractivity contribution in [1.29, 1.82) is 5.26 Å². The first kappa shape index (κ1) is 18.5. The van der Waals surface area contributed by atoms with Gasteiger partial charge in [-0.1, -0.05) is 27.2 Å². The average Bonchev–Trinajstić information content (AvgIpc) is 2.86. The Morgan fingerprint density at radius 2 is 1.81 bits per heavy atom. The summed E-state index contributed by atoms with van der Waals surface area (Å²) in [6, 6.07) is 2.36. The number of hydrogen-bond acceptors (Lipinski definition) is 3. The van der Waals surface area contributed by atoms with E-state index in [9.17, 15) is 15.2 Å². The summed E-state index contributed by atoms with van der Waals surface area (Å²) in [4.78, 5) is 12.9. The Labute approximate surface area is 158 Å². The second-order valence-corrected chi connectivity index (χ2v) is 10.8. The molecule has 0 saturated heterocycles. The average molecular weight is 358 g/mol. The molecule has 4 aliphatic carbocycles. The monoisotopic (exact) mass is 357 g/mol. The summed E-state index contributed by atoms with van der Waals surface area (Å²) in [5.41, 5.74) is 0.191. The number of carbonyl (C=O) groups is 1. The van der Waals surface area contributed by atoms with E-state index in [1.165, 1.54) is 19.3 Å². The molecule has 144 valence electrons. The smallest absolute Gasteiger partial charge is 0.138 e. The van der Waals surface area contributed by atoms with Crippen LogP contribution in [0.25, 0.3) is 0 Å². The van der Waals surface area contributed by atoms with Gasteiger partial charge in [-0.05, 0) is 79.4 Å². The molecule has 4 saturated carbocycles. The van der Waals surface area contributed by atoms with E-state index in [0.29, 0.717) is 35.9 Å². The number of Topliss-reactive ketones (excluding diaryl/α,β-unsaturated/α-hetero) is 1. The van der Waals surface area contributed by atoms with Gasteiger partial charge in [0, 0.05) is 12.3 Å². The molecular weight excluding hydrogens is 322 g/mol. The Bertz CT molecular complexity index is 639. The van der Waals surface area contributed by atoms with E-state index in [4.69, 9.17) is 0 Å². The fourth-order valence-corrected chi connectivity index (χ4v) is 8.25. The number of fused-ring (bicyclic) bond motifs is 5. The predicted octanol–water partition coefficient (Wildman–Crippen LogP) is 4.59. The van der Waals surface area contributed by atoms with Gasteiger partial charge in [0.05, 0.1) is 18.1 Å². The first-order chi connectivity index (χ1) is 12.2. The molecular formula is C23H35NO2. The van der Waals surface area contributed by atoms with Crippen molar-refractivity contribution >= 4 is 5.78 Å². The fourth-order valence-electron chi connectivity index (χ4n) is 8.25. The second-order valence-electron chi connectivity index (χ2n) is 10.8. The number of aliphatic hydroxyl groups is 1. The standard InChI is InChI=1S/C23H35NO2/c1-13-5-7-22(3)16-6-8-23(4)17(11-20(26)21(23)14(2)12-24)15(16)10-19(25)18(22)9-13/h13-19,21,25H,5-11H2,1-4H3/t13?,14-,15-,16+,17+,18-,19+,21+,22-,23+/m1/s1. The number of hydrogen-bond donors (Lipinski definition) is 1. The van der Waals surface area contributed by atoms with Crippen LogP contribution >= 0.6 is 0 Å². The molecule has 0 bridgehead atoms. The van der Waals surface area contributed by atoms with Crippen molar-refractivity contribution in [2.75, 3.05) is 0 Å². The highest BCUT2D eigenvalue weighted by Gasteiger charge is 2.64. The first-order valence-electron chi connectivity index (χ1n) is 10.8. The number of nitrogens with zero attached hydrogens (tertiary/aromatic N) is 1. The minimum atomic E-state index is -0.214. The predicted molar refractivity (Wildman–Crippen MR) is 101 cm³/mol. The SMILES string of the molecule is CC1CC[C@@]2(C)[C@H](C1)[C@@H](O)C[C@@H]1[C@@H]2CC[C@]2(C)[C@@H]([C@H](C)C#N)C(=O)C[C@@H]12. The van der Waals surface area contributed by atoms with E-state index in [0.717, 1.165) is 25.2 Å². The summed E-state index contributed by atoms with van der Waals surface area (Å²) in [7, 11) is 0. The summed E-state index contributed by atoms with van der Waals surface area (Å²) in [6.07, 6.45) is 7.22. The molecule has 3 heteroatoms. The fraction of sp³-hybridized carbons (Fsp3) is 0.913. The molecule has 4 fully saturated rings. The van der Waals surface area contributed by atoms with Crippen LogP contribution in [0.4, 0.5) is 0 Å². The molecule has 1 N–H and O–H groups in total. The van der Waals surface area contributed by atoms with Crippen molar-refractivity contribution in [3.63, 3.8) is 0 Å². The zero-order valence-electron chi connectivity index (χ0n) is 16.9. The lowest BCUT2D eigenvalue weighted by atomic mass is 9.43. The molecule has 4 rings (SSSR count). The van der Waals surface area contributed by atoms with E-state index in [2.05, 4.69) is 26.8 Å². The maximum atomic E-state index is 12.9. The van der Waals surface area contributed by atoms with Crippen LogP contribution in [0.5, 0.6) is 0 Å². The summed E-state index contributed by atoms with van der Waals surface area (Å²) < 4.78 is 0. The Kier molecular flexibility index (Phi) is 4.31. The number of carbonyl (C=O) groups excluding carboxylic acids is 1. The molecule has 26 heavy (non-hydrogen) atoms. The third kappa shape index (κ3) is 2.37. The summed E-state index contributed by atoms with van der Waals surface area (Å²) in [5, 5.41) is 20.6.